The van der Waals surface area contributed by atoms with Crippen LogP contribution in [0.4, 0.5) is 4.39 Å². The van der Waals surface area contributed by atoms with Crippen molar-refractivity contribution in [1.82, 2.24) is 0 Å². The molecule has 0 aliphatic carbocycles. The number of hydrogen-bond donors (Lipinski definition) is 2. The van der Waals surface area contributed by atoms with Crippen LogP contribution >= 0.6 is 24.0 Å². The first-order chi connectivity index (χ1) is 8.11. The maximum absolute atomic E-state index is 13.1. The Morgan fingerprint density at radius 2 is 2.22 bits per heavy atom. The molecule has 1 aliphatic heterocycles. The molecule has 6 heteroatoms. The van der Waals surface area contributed by atoms with E-state index in [0.29, 0.717) is 29.4 Å². The number of fused-ring (bicyclic) bond motifs is 1. The minimum atomic E-state index is -0.377. The maximum Gasteiger partial charge on any atom is 0.128 e. The molecule has 100 valence electrons. The van der Waals surface area contributed by atoms with Gasteiger partial charge in [-0.3, -0.25) is 0 Å². The molecule has 3 nitrogen and oxygen atoms in total. The Morgan fingerprint density at radius 1 is 1.50 bits per heavy atom. The average molecular weight is 294 g/mol. The Hall–Kier alpha value is -0.810. The fraction of sp³-hybridized carbons (Fsp3) is 0.333. The molecule has 1 aromatic carbocycles. The highest BCUT2D eigenvalue weighted by Gasteiger charge is 2.20. The van der Waals surface area contributed by atoms with E-state index in [-0.39, 0.29) is 30.9 Å². The van der Waals surface area contributed by atoms with Gasteiger partial charge in [0.05, 0.1) is 11.6 Å². The number of rotatable bonds is 3. The molecule has 0 saturated carbocycles. The number of hydrogen-bond acceptors (Lipinski definition) is 3. The van der Waals surface area contributed by atoms with Crippen LogP contribution < -0.4 is 10.5 Å². The summed E-state index contributed by atoms with van der Waals surface area (Å²) >= 11 is 6.18. The molecule has 18 heavy (non-hydrogen) atoms. The first-order valence-corrected chi connectivity index (χ1v) is 5.66. The number of aliphatic hydroxyl groups is 1. The summed E-state index contributed by atoms with van der Waals surface area (Å²) in [5.74, 6) is 0.205. The zero-order chi connectivity index (χ0) is 12.4. The predicted molar refractivity (Wildman–Crippen MR) is 71.6 cm³/mol. The lowest BCUT2D eigenvalue weighted by Crippen LogP contribution is -2.27. The van der Waals surface area contributed by atoms with Crippen molar-refractivity contribution >= 4 is 29.0 Å². The second kappa shape index (κ2) is 6.38. The third-order valence-electron chi connectivity index (χ3n) is 2.63. The molecule has 1 unspecified atom stereocenters. The number of benzene rings is 1. The molecule has 0 radical (unpaired) electrons. The molecule has 0 amide bonds. The molecule has 1 aliphatic rings. The molecular weight excluding hydrogens is 280 g/mol. The quantitative estimate of drug-likeness (QED) is 0.899. The van der Waals surface area contributed by atoms with Gasteiger partial charge in [-0.2, -0.15) is 0 Å². The Bertz CT molecular complexity index is 465. The van der Waals surface area contributed by atoms with Crippen LogP contribution in [-0.4, -0.2) is 24.4 Å². The van der Waals surface area contributed by atoms with Gasteiger partial charge in [-0.25, -0.2) is 4.39 Å². The summed E-state index contributed by atoms with van der Waals surface area (Å²) in [6.07, 6.45) is 0.436. The fourth-order valence-electron chi connectivity index (χ4n) is 1.75. The van der Waals surface area contributed by atoms with Crippen molar-refractivity contribution < 1.29 is 14.2 Å². The molecule has 1 heterocycles. The van der Waals surface area contributed by atoms with Crippen molar-refractivity contribution in [2.24, 2.45) is 5.73 Å². The van der Waals surface area contributed by atoms with Crippen molar-refractivity contribution in [3.05, 3.63) is 35.2 Å². The number of halogens is 3. The number of ether oxygens (including phenoxy) is 1. The van der Waals surface area contributed by atoms with E-state index < -0.39 is 0 Å². The summed E-state index contributed by atoms with van der Waals surface area (Å²) in [7, 11) is 0. The van der Waals surface area contributed by atoms with Gasteiger partial charge in [-0.1, -0.05) is 11.6 Å². The van der Waals surface area contributed by atoms with Crippen LogP contribution in [0.15, 0.2) is 23.8 Å². The fourth-order valence-corrected chi connectivity index (χ4v) is 2.03. The standard InChI is InChI=1S/C12H13ClFNO2.ClH/c13-12-7(3-9(15)5-16)6-17-11-2-1-8(14)4-10(11)12;/h1-2,4,9,16H,3,5-6,15H2;1H. The molecule has 1 aromatic rings. The highest BCUT2D eigenvalue weighted by Crippen LogP contribution is 2.37. The molecule has 0 bridgehead atoms. The molecule has 3 N–H and O–H groups in total. The Labute approximate surface area is 116 Å². The van der Waals surface area contributed by atoms with E-state index in [0.717, 1.165) is 5.57 Å². The van der Waals surface area contributed by atoms with Crippen molar-refractivity contribution in [3.8, 4) is 5.75 Å². The van der Waals surface area contributed by atoms with Gasteiger partial charge in [0.1, 0.15) is 18.2 Å². The number of nitrogens with two attached hydrogens (primary N) is 1. The SMILES string of the molecule is Cl.NC(CO)CC1=C(Cl)c2cc(F)ccc2OC1. The lowest BCUT2D eigenvalue weighted by Gasteiger charge is -2.22. The number of aliphatic hydroxyl groups excluding tert-OH is 1. The summed E-state index contributed by atoms with van der Waals surface area (Å²) in [5.41, 5.74) is 6.97. The first kappa shape index (κ1) is 15.2. The summed E-state index contributed by atoms with van der Waals surface area (Å²) < 4.78 is 18.6. The van der Waals surface area contributed by atoms with Gasteiger partial charge in [0.2, 0.25) is 0 Å². The summed E-state index contributed by atoms with van der Waals surface area (Å²) in [5, 5.41) is 9.37. The highest BCUT2D eigenvalue weighted by molar-refractivity contribution is 6.49. The third-order valence-corrected chi connectivity index (χ3v) is 3.10. The van der Waals surface area contributed by atoms with E-state index in [2.05, 4.69) is 0 Å². The Kier molecular flexibility index (Phi) is 5.41. The van der Waals surface area contributed by atoms with Gasteiger partial charge in [0, 0.05) is 11.6 Å². The smallest absolute Gasteiger partial charge is 0.128 e. The molecule has 1 atom stereocenters. The third kappa shape index (κ3) is 3.14. The lowest BCUT2D eigenvalue weighted by molar-refractivity contribution is 0.260. The minimum absolute atomic E-state index is 0. The first-order valence-electron chi connectivity index (χ1n) is 5.28. The van der Waals surface area contributed by atoms with Crippen LogP contribution in [-0.2, 0) is 0 Å². The van der Waals surface area contributed by atoms with Crippen LogP contribution in [0.25, 0.3) is 5.03 Å². The van der Waals surface area contributed by atoms with E-state index in [1.165, 1.54) is 12.1 Å². The molecule has 0 aromatic heterocycles. The topological polar surface area (TPSA) is 55.5 Å². The van der Waals surface area contributed by atoms with Gasteiger partial charge in [-0.15, -0.1) is 12.4 Å². The van der Waals surface area contributed by atoms with Gasteiger partial charge < -0.3 is 15.6 Å². The van der Waals surface area contributed by atoms with E-state index in [9.17, 15) is 4.39 Å². The van der Waals surface area contributed by atoms with Crippen LogP contribution in [0.1, 0.15) is 12.0 Å². The summed E-state index contributed by atoms with van der Waals surface area (Å²) in [6, 6.07) is 3.84. The van der Waals surface area contributed by atoms with Crippen LogP contribution in [0.5, 0.6) is 5.75 Å². The van der Waals surface area contributed by atoms with Gasteiger partial charge in [-0.05, 0) is 30.2 Å². The van der Waals surface area contributed by atoms with Crippen molar-refractivity contribution in [2.75, 3.05) is 13.2 Å². The van der Waals surface area contributed by atoms with Crippen LogP contribution in [0.3, 0.4) is 0 Å². The van der Waals surface area contributed by atoms with E-state index in [1.807, 2.05) is 0 Å². The van der Waals surface area contributed by atoms with Crippen LogP contribution in [0, 0.1) is 5.82 Å². The Balaban J connectivity index is 0.00000162. The van der Waals surface area contributed by atoms with E-state index in [4.69, 9.17) is 27.2 Å². The Morgan fingerprint density at radius 3 is 2.89 bits per heavy atom. The average Bonchev–Trinajstić information content (AvgIpc) is 2.33. The van der Waals surface area contributed by atoms with Crippen LogP contribution in [0.2, 0.25) is 0 Å². The van der Waals surface area contributed by atoms with Gasteiger partial charge in [0.25, 0.3) is 0 Å². The summed E-state index contributed by atoms with van der Waals surface area (Å²) in [4.78, 5) is 0. The zero-order valence-electron chi connectivity index (χ0n) is 9.53. The molecule has 0 fully saturated rings. The molecule has 0 spiro atoms. The van der Waals surface area contributed by atoms with Crippen molar-refractivity contribution in [3.63, 3.8) is 0 Å². The molecular formula is C12H14Cl2FNO2. The van der Waals surface area contributed by atoms with Gasteiger partial charge >= 0.3 is 0 Å². The van der Waals surface area contributed by atoms with Crippen molar-refractivity contribution in [1.29, 1.82) is 0 Å². The van der Waals surface area contributed by atoms with E-state index in [1.54, 1.807) is 6.07 Å². The predicted octanol–water partition coefficient (Wildman–Crippen LogP) is 2.30. The minimum Gasteiger partial charge on any atom is -0.489 e. The maximum atomic E-state index is 13.1. The second-order valence-electron chi connectivity index (χ2n) is 3.99. The summed E-state index contributed by atoms with van der Waals surface area (Å²) in [6.45, 7) is 0.203. The monoisotopic (exact) mass is 293 g/mol. The highest BCUT2D eigenvalue weighted by atomic mass is 35.5. The molecule has 0 saturated heterocycles. The lowest BCUT2D eigenvalue weighted by atomic mass is 10.0. The zero-order valence-corrected chi connectivity index (χ0v) is 11.1. The van der Waals surface area contributed by atoms with Gasteiger partial charge in [0.15, 0.2) is 0 Å². The normalized spacial score (nSPS) is 15.6. The second-order valence-corrected chi connectivity index (χ2v) is 4.37. The largest absolute Gasteiger partial charge is 0.489 e. The molecule has 2 rings (SSSR count). The van der Waals surface area contributed by atoms with E-state index >= 15 is 0 Å². The van der Waals surface area contributed by atoms with Crippen molar-refractivity contribution in [2.45, 2.75) is 12.5 Å².